The normalized spacial score (nSPS) is 13.2. The largest absolute Gasteiger partial charge is 0.481 e. The van der Waals surface area contributed by atoms with E-state index in [1.165, 1.54) is 6.92 Å². The number of rotatable bonds is 2. The van der Waals surface area contributed by atoms with Crippen molar-refractivity contribution in [2.24, 2.45) is 0 Å². The first kappa shape index (κ1) is 10.6. The molecule has 0 spiro atoms. The third-order valence-electron chi connectivity index (χ3n) is 1.07. The van der Waals surface area contributed by atoms with Crippen LogP contribution in [-0.4, -0.2) is 29.3 Å². The molecule has 0 aromatic heterocycles. The van der Waals surface area contributed by atoms with Crippen LogP contribution in [0.15, 0.2) is 0 Å². The number of hydrogen-bond donors (Lipinski definition) is 2. The van der Waals surface area contributed by atoms with E-state index in [9.17, 15) is 14.4 Å². The minimum Gasteiger partial charge on any atom is -0.481 e. The Labute approximate surface area is 69.8 Å². The van der Waals surface area contributed by atoms with Gasteiger partial charge in [0.05, 0.1) is 0 Å². The van der Waals surface area contributed by atoms with Crippen molar-refractivity contribution >= 4 is 17.7 Å². The van der Waals surface area contributed by atoms with Gasteiger partial charge < -0.3 is 10.4 Å². The quantitative estimate of drug-likeness (QED) is 0.438. The van der Waals surface area contributed by atoms with E-state index >= 15 is 0 Å². The van der Waals surface area contributed by atoms with Crippen LogP contribution in [0.2, 0.25) is 0 Å². The van der Waals surface area contributed by atoms with E-state index in [4.69, 9.17) is 5.11 Å². The summed E-state index contributed by atoms with van der Waals surface area (Å²) in [6.45, 7) is 2.13. The highest BCUT2D eigenvalue weighted by atomic mass is 16.4. The molecule has 0 atom stereocenters. The molecule has 5 heteroatoms. The van der Waals surface area contributed by atoms with Gasteiger partial charge in [0.25, 0.3) is 0 Å². The summed E-state index contributed by atoms with van der Waals surface area (Å²) in [5.41, 5.74) is 0. The molecule has 0 radical (unpaired) electrons. The van der Waals surface area contributed by atoms with Crippen LogP contribution in [-0.2, 0) is 14.4 Å². The summed E-state index contributed by atoms with van der Waals surface area (Å²) in [5.74, 6) is -1.19. The lowest BCUT2D eigenvalue weighted by molar-refractivity contribution is -0.139. The molecule has 1 amide bonds. The SMILES string of the molecule is CC(=O)CC(=O)O.O=C1CCN1. The van der Waals surface area contributed by atoms with Crippen molar-refractivity contribution in [3.63, 3.8) is 0 Å². The first-order chi connectivity index (χ1) is 5.52. The van der Waals surface area contributed by atoms with Crippen molar-refractivity contribution in [3.8, 4) is 0 Å². The lowest BCUT2D eigenvalue weighted by atomic mass is 10.3. The van der Waals surface area contributed by atoms with Crippen molar-refractivity contribution < 1.29 is 19.5 Å². The van der Waals surface area contributed by atoms with Crippen LogP contribution in [0.4, 0.5) is 0 Å². The number of hydrogen-bond acceptors (Lipinski definition) is 3. The van der Waals surface area contributed by atoms with Gasteiger partial charge in [-0.15, -0.1) is 0 Å². The Kier molecular flexibility index (Phi) is 4.67. The average Bonchev–Trinajstić information content (AvgIpc) is 1.81. The molecule has 1 saturated heterocycles. The molecule has 0 aromatic rings. The van der Waals surface area contributed by atoms with Gasteiger partial charge in [-0.25, -0.2) is 0 Å². The molecule has 1 heterocycles. The maximum Gasteiger partial charge on any atom is 0.310 e. The Hall–Kier alpha value is -1.39. The van der Waals surface area contributed by atoms with E-state index in [1.54, 1.807) is 0 Å². The second-order valence-electron chi connectivity index (χ2n) is 2.37. The molecule has 12 heavy (non-hydrogen) atoms. The fraction of sp³-hybridized carbons (Fsp3) is 0.571. The summed E-state index contributed by atoms with van der Waals surface area (Å²) in [6.07, 6.45) is 0.375. The van der Waals surface area contributed by atoms with E-state index in [-0.39, 0.29) is 18.1 Å². The first-order valence-electron chi connectivity index (χ1n) is 3.50. The van der Waals surface area contributed by atoms with Gasteiger partial charge >= 0.3 is 5.97 Å². The van der Waals surface area contributed by atoms with Crippen molar-refractivity contribution in [2.75, 3.05) is 6.54 Å². The van der Waals surface area contributed by atoms with Gasteiger partial charge in [0.15, 0.2) is 0 Å². The summed E-state index contributed by atoms with van der Waals surface area (Å²) >= 11 is 0. The fourth-order valence-electron chi connectivity index (χ4n) is 0.440. The number of ketones is 1. The van der Waals surface area contributed by atoms with Gasteiger partial charge in [-0.2, -0.15) is 0 Å². The number of carboxylic acid groups (broad SMARTS) is 1. The van der Waals surface area contributed by atoms with E-state index in [0.29, 0.717) is 0 Å². The molecule has 1 rings (SSSR count). The lowest BCUT2D eigenvalue weighted by Crippen LogP contribution is -2.37. The average molecular weight is 173 g/mol. The monoisotopic (exact) mass is 173 g/mol. The number of carbonyl (C=O) groups is 3. The van der Waals surface area contributed by atoms with Gasteiger partial charge in [-0.1, -0.05) is 0 Å². The maximum absolute atomic E-state index is 9.87. The maximum atomic E-state index is 9.87. The molecule has 2 N–H and O–H groups in total. The van der Waals surface area contributed by atoms with Gasteiger partial charge in [-0.05, 0) is 6.92 Å². The third kappa shape index (κ3) is 6.73. The van der Waals surface area contributed by atoms with Crippen LogP contribution in [0.3, 0.4) is 0 Å². The molecular weight excluding hydrogens is 162 g/mol. The third-order valence-corrected chi connectivity index (χ3v) is 1.07. The number of carboxylic acids is 1. The Morgan fingerprint density at radius 3 is 2.00 bits per heavy atom. The zero-order chi connectivity index (χ0) is 9.56. The van der Waals surface area contributed by atoms with Crippen molar-refractivity contribution in [2.45, 2.75) is 19.8 Å². The molecule has 0 aromatic carbocycles. The second kappa shape index (κ2) is 5.29. The number of β-lactam (4-membered cyclic amide) rings is 1. The standard InChI is InChI=1S/C4H6O3.C3H5NO/c1-3(5)2-4(6)7;5-3-1-2-4-3/h2H2,1H3,(H,6,7);1-2H2,(H,4,5). The number of nitrogens with one attached hydrogen (secondary N) is 1. The number of Topliss-reactive ketones (excluding diaryl/α,β-unsaturated/α-hetero) is 1. The highest BCUT2D eigenvalue weighted by molar-refractivity contribution is 5.93. The number of amides is 1. The Balaban J connectivity index is 0.000000211. The number of aliphatic carboxylic acids is 1. The highest BCUT2D eigenvalue weighted by Crippen LogP contribution is 1.85. The van der Waals surface area contributed by atoms with Crippen LogP contribution >= 0.6 is 0 Å². The van der Waals surface area contributed by atoms with E-state index in [2.05, 4.69) is 5.32 Å². The zero-order valence-electron chi connectivity index (χ0n) is 6.79. The molecule has 1 aliphatic heterocycles. The summed E-state index contributed by atoms with van der Waals surface area (Å²) < 4.78 is 0. The predicted molar refractivity (Wildman–Crippen MR) is 40.6 cm³/mol. The highest BCUT2D eigenvalue weighted by Gasteiger charge is 2.07. The molecule has 0 unspecified atom stereocenters. The van der Waals surface area contributed by atoms with Gasteiger partial charge in [-0.3, -0.25) is 14.4 Å². The number of carbonyl (C=O) groups excluding carboxylic acids is 2. The molecule has 0 saturated carbocycles. The van der Waals surface area contributed by atoms with Crippen LogP contribution in [0.25, 0.3) is 0 Å². The molecule has 1 fully saturated rings. The molecular formula is C7H11NO4. The Morgan fingerprint density at radius 1 is 1.58 bits per heavy atom. The second-order valence-corrected chi connectivity index (χ2v) is 2.37. The Bertz CT molecular complexity index is 182. The summed E-state index contributed by atoms with van der Waals surface area (Å²) in [4.78, 5) is 29.3. The lowest BCUT2D eigenvalue weighted by Gasteiger charge is -2.10. The summed E-state index contributed by atoms with van der Waals surface area (Å²) in [6, 6.07) is 0. The smallest absolute Gasteiger partial charge is 0.310 e. The summed E-state index contributed by atoms with van der Waals surface area (Å²) in [7, 11) is 0. The van der Waals surface area contributed by atoms with E-state index < -0.39 is 5.97 Å². The topological polar surface area (TPSA) is 83.5 Å². The van der Waals surface area contributed by atoms with Crippen LogP contribution in [0.5, 0.6) is 0 Å². The minimum absolute atomic E-state index is 0.185. The molecule has 1 aliphatic rings. The molecule has 68 valence electrons. The molecule has 0 bridgehead atoms. The van der Waals surface area contributed by atoms with Crippen molar-refractivity contribution in [1.82, 2.24) is 5.32 Å². The minimum atomic E-state index is -1.06. The van der Waals surface area contributed by atoms with Crippen molar-refractivity contribution in [3.05, 3.63) is 0 Å². The van der Waals surface area contributed by atoms with E-state index in [0.717, 1.165) is 13.0 Å². The first-order valence-corrected chi connectivity index (χ1v) is 3.50. The van der Waals surface area contributed by atoms with Gasteiger partial charge in [0, 0.05) is 13.0 Å². The Morgan fingerprint density at radius 2 is 2.00 bits per heavy atom. The molecule has 5 nitrogen and oxygen atoms in total. The summed E-state index contributed by atoms with van der Waals surface area (Å²) in [5, 5.41) is 10.4. The van der Waals surface area contributed by atoms with Crippen LogP contribution in [0, 0.1) is 0 Å². The van der Waals surface area contributed by atoms with E-state index in [1.807, 2.05) is 0 Å². The van der Waals surface area contributed by atoms with Gasteiger partial charge in [0.1, 0.15) is 12.2 Å². The predicted octanol–water partition coefficient (Wildman–Crippen LogP) is -0.444. The van der Waals surface area contributed by atoms with Crippen molar-refractivity contribution in [1.29, 1.82) is 0 Å². The van der Waals surface area contributed by atoms with Crippen LogP contribution < -0.4 is 5.32 Å². The fourth-order valence-corrected chi connectivity index (χ4v) is 0.440. The molecule has 0 aliphatic carbocycles. The van der Waals surface area contributed by atoms with Gasteiger partial charge in [0.2, 0.25) is 5.91 Å². The zero-order valence-corrected chi connectivity index (χ0v) is 6.79. The van der Waals surface area contributed by atoms with Crippen LogP contribution in [0.1, 0.15) is 19.8 Å².